The zero-order valence-corrected chi connectivity index (χ0v) is 10.4. The molecule has 0 amide bonds. The van der Waals surface area contributed by atoms with Crippen LogP contribution in [0.5, 0.6) is 0 Å². The van der Waals surface area contributed by atoms with E-state index in [9.17, 15) is 10.1 Å². The van der Waals surface area contributed by atoms with Crippen LogP contribution in [0.1, 0.15) is 19.4 Å². The van der Waals surface area contributed by atoms with Gasteiger partial charge >= 0.3 is 0 Å². The molecule has 1 aromatic rings. The van der Waals surface area contributed by atoms with Crippen LogP contribution in [-0.2, 0) is 9.47 Å². The van der Waals surface area contributed by atoms with Gasteiger partial charge in [0.2, 0.25) is 6.29 Å². The van der Waals surface area contributed by atoms with E-state index >= 15 is 0 Å². The highest BCUT2D eigenvalue weighted by Gasteiger charge is 2.05. The maximum absolute atomic E-state index is 10.6. The van der Waals surface area contributed by atoms with Gasteiger partial charge in [-0.25, -0.2) is 0 Å². The van der Waals surface area contributed by atoms with Gasteiger partial charge in [-0.2, -0.15) is 0 Å². The third kappa shape index (κ3) is 4.53. The maximum atomic E-state index is 10.6. The fraction of sp³-hybridized carbons (Fsp3) is 0.385. The van der Waals surface area contributed by atoms with Gasteiger partial charge in [-0.1, -0.05) is 12.0 Å². The lowest BCUT2D eigenvalue weighted by Crippen LogP contribution is -2.14. The molecule has 1 rings (SSSR count). The van der Waals surface area contributed by atoms with E-state index in [0.29, 0.717) is 18.8 Å². The molecule has 0 bridgehead atoms. The van der Waals surface area contributed by atoms with Crippen LogP contribution in [0.3, 0.4) is 0 Å². The van der Waals surface area contributed by atoms with E-state index in [1.54, 1.807) is 12.1 Å². The molecule has 0 aromatic heterocycles. The summed E-state index contributed by atoms with van der Waals surface area (Å²) in [6, 6.07) is 6.14. The molecule has 0 saturated carbocycles. The molecule has 0 fully saturated rings. The van der Waals surface area contributed by atoms with E-state index in [1.165, 1.54) is 12.1 Å². The smallest absolute Gasteiger partial charge is 0.270 e. The van der Waals surface area contributed by atoms with Crippen molar-refractivity contribution in [1.29, 1.82) is 0 Å². The van der Waals surface area contributed by atoms with E-state index < -0.39 is 11.2 Å². The Morgan fingerprint density at radius 3 is 2.56 bits per heavy atom. The monoisotopic (exact) mass is 249 g/mol. The second-order valence-corrected chi connectivity index (χ2v) is 3.32. The highest BCUT2D eigenvalue weighted by atomic mass is 16.7. The highest BCUT2D eigenvalue weighted by molar-refractivity contribution is 5.43. The molecular weight excluding hydrogens is 234 g/mol. The van der Waals surface area contributed by atoms with Gasteiger partial charge in [0, 0.05) is 30.9 Å². The van der Waals surface area contributed by atoms with Gasteiger partial charge in [0.25, 0.3) is 5.69 Å². The average molecular weight is 249 g/mol. The Balaban J connectivity index is 2.82. The Bertz CT molecular complexity index is 456. The summed E-state index contributed by atoms with van der Waals surface area (Å²) in [5, 5.41) is 10.6. The van der Waals surface area contributed by atoms with E-state index in [1.807, 2.05) is 13.8 Å². The van der Waals surface area contributed by atoms with Crippen molar-refractivity contribution in [3.8, 4) is 11.8 Å². The quantitative estimate of drug-likeness (QED) is 0.348. The van der Waals surface area contributed by atoms with Crippen LogP contribution >= 0.6 is 0 Å². The van der Waals surface area contributed by atoms with Crippen molar-refractivity contribution in [2.75, 3.05) is 13.2 Å². The first-order chi connectivity index (χ1) is 8.67. The Labute approximate surface area is 106 Å². The van der Waals surface area contributed by atoms with Crippen LogP contribution < -0.4 is 0 Å². The first-order valence-electron chi connectivity index (χ1n) is 5.66. The van der Waals surface area contributed by atoms with Crippen molar-refractivity contribution < 1.29 is 14.4 Å². The first kappa shape index (κ1) is 14.2. The summed E-state index contributed by atoms with van der Waals surface area (Å²) in [5.74, 6) is 5.59. The van der Waals surface area contributed by atoms with E-state index in [2.05, 4.69) is 11.8 Å². The number of hydrogen-bond acceptors (Lipinski definition) is 4. The zero-order valence-electron chi connectivity index (χ0n) is 10.4. The molecule has 18 heavy (non-hydrogen) atoms. The molecule has 0 aliphatic heterocycles. The molecule has 0 unspecified atom stereocenters. The number of nitro benzene ring substituents is 1. The molecule has 1 aromatic carbocycles. The van der Waals surface area contributed by atoms with Gasteiger partial charge in [-0.15, -0.1) is 0 Å². The third-order valence-corrected chi connectivity index (χ3v) is 2.03. The molecular formula is C13H15NO4. The fourth-order valence-electron chi connectivity index (χ4n) is 1.27. The predicted molar refractivity (Wildman–Crippen MR) is 67.0 cm³/mol. The van der Waals surface area contributed by atoms with Crippen LogP contribution in [0.15, 0.2) is 24.3 Å². The van der Waals surface area contributed by atoms with Crippen molar-refractivity contribution in [1.82, 2.24) is 0 Å². The third-order valence-electron chi connectivity index (χ3n) is 2.03. The minimum atomic E-state index is -0.598. The molecule has 0 N–H and O–H groups in total. The molecule has 5 nitrogen and oxygen atoms in total. The first-order valence-corrected chi connectivity index (χ1v) is 5.66. The molecule has 0 aliphatic carbocycles. The topological polar surface area (TPSA) is 61.6 Å². The second-order valence-electron chi connectivity index (χ2n) is 3.32. The van der Waals surface area contributed by atoms with Crippen molar-refractivity contribution in [2.24, 2.45) is 0 Å². The van der Waals surface area contributed by atoms with Gasteiger partial charge in [0.15, 0.2) is 0 Å². The van der Waals surface area contributed by atoms with E-state index in [4.69, 9.17) is 9.47 Å². The molecule has 0 atom stereocenters. The number of nitro groups is 1. The van der Waals surface area contributed by atoms with E-state index in [0.717, 1.165) is 0 Å². The van der Waals surface area contributed by atoms with Crippen molar-refractivity contribution in [3.05, 3.63) is 39.9 Å². The SMILES string of the molecule is CCOC(C#Cc1cccc([N+](=O)[O-])c1)OCC. The van der Waals surface area contributed by atoms with Crippen LogP contribution in [0.2, 0.25) is 0 Å². The normalized spacial score (nSPS) is 9.94. The van der Waals surface area contributed by atoms with Gasteiger partial charge < -0.3 is 9.47 Å². The predicted octanol–water partition coefficient (Wildman–Crippen LogP) is 2.35. The molecule has 0 heterocycles. The molecule has 0 radical (unpaired) electrons. The van der Waals surface area contributed by atoms with Crippen LogP contribution in [0, 0.1) is 22.0 Å². The summed E-state index contributed by atoms with van der Waals surface area (Å²) in [5.41, 5.74) is 0.583. The lowest BCUT2D eigenvalue weighted by Gasteiger charge is -2.09. The van der Waals surface area contributed by atoms with Crippen LogP contribution in [0.25, 0.3) is 0 Å². The Hall–Kier alpha value is -1.90. The minimum absolute atomic E-state index is 0.0196. The molecule has 0 spiro atoms. The molecule has 96 valence electrons. The summed E-state index contributed by atoms with van der Waals surface area (Å²) in [6.07, 6.45) is -0.598. The van der Waals surface area contributed by atoms with Crippen molar-refractivity contribution in [2.45, 2.75) is 20.1 Å². The van der Waals surface area contributed by atoms with Crippen LogP contribution in [-0.4, -0.2) is 24.4 Å². The van der Waals surface area contributed by atoms with E-state index in [-0.39, 0.29) is 5.69 Å². The summed E-state index contributed by atoms with van der Waals surface area (Å²) in [4.78, 5) is 10.2. The summed E-state index contributed by atoms with van der Waals surface area (Å²) < 4.78 is 10.5. The Kier molecular flexibility index (Phi) is 5.85. The van der Waals surface area contributed by atoms with Crippen molar-refractivity contribution >= 4 is 5.69 Å². The zero-order chi connectivity index (χ0) is 13.4. The highest BCUT2D eigenvalue weighted by Crippen LogP contribution is 2.12. The van der Waals surface area contributed by atoms with Crippen LogP contribution in [0.4, 0.5) is 5.69 Å². The minimum Gasteiger partial charge on any atom is -0.342 e. The number of rotatable bonds is 5. The van der Waals surface area contributed by atoms with Gasteiger partial charge in [-0.05, 0) is 25.8 Å². The van der Waals surface area contributed by atoms with Gasteiger partial charge in [-0.3, -0.25) is 10.1 Å². The Morgan fingerprint density at radius 1 is 1.33 bits per heavy atom. The molecule has 0 aliphatic rings. The fourth-order valence-corrected chi connectivity index (χ4v) is 1.27. The standard InChI is InChI=1S/C13H15NO4/c1-3-17-13(18-4-2)9-8-11-6-5-7-12(10-11)14(15)16/h5-7,10,13H,3-4H2,1-2H3. The Morgan fingerprint density at radius 2 is 2.00 bits per heavy atom. The number of non-ortho nitro benzene ring substituents is 1. The number of nitrogens with zero attached hydrogens (tertiary/aromatic N) is 1. The van der Waals surface area contributed by atoms with Gasteiger partial charge in [0.05, 0.1) is 4.92 Å². The lowest BCUT2D eigenvalue weighted by molar-refractivity contribution is -0.384. The second kappa shape index (κ2) is 7.43. The number of ether oxygens (including phenoxy) is 2. The number of hydrogen-bond donors (Lipinski definition) is 0. The van der Waals surface area contributed by atoms with Gasteiger partial charge in [0.1, 0.15) is 0 Å². The lowest BCUT2D eigenvalue weighted by atomic mass is 10.2. The maximum Gasteiger partial charge on any atom is 0.270 e. The summed E-state index contributed by atoms with van der Waals surface area (Å²) in [6.45, 7) is 4.69. The average Bonchev–Trinajstić information content (AvgIpc) is 2.37. The van der Waals surface area contributed by atoms with Crippen molar-refractivity contribution in [3.63, 3.8) is 0 Å². The molecule has 5 heteroatoms. The summed E-state index contributed by atoms with van der Waals surface area (Å²) in [7, 11) is 0. The largest absolute Gasteiger partial charge is 0.342 e. The summed E-state index contributed by atoms with van der Waals surface area (Å²) >= 11 is 0. The number of benzene rings is 1. The molecule has 0 saturated heterocycles.